The van der Waals surface area contributed by atoms with Crippen LogP contribution in [0.25, 0.3) is 6.08 Å². The van der Waals surface area contributed by atoms with Crippen molar-refractivity contribution >= 4 is 12.0 Å². The molecule has 1 fully saturated rings. The van der Waals surface area contributed by atoms with Crippen molar-refractivity contribution in [3.8, 4) is 0 Å². The number of benzene rings is 1. The Kier molecular flexibility index (Phi) is 9.32. The summed E-state index contributed by atoms with van der Waals surface area (Å²) in [4.78, 5) is 12.6. The number of hydrogen-bond acceptors (Lipinski definition) is 6. The highest BCUT2D eigenvalue weighted by Crippen LogP contribution is 2.34. The van der Waals surface area contributed by atoms with Crippen molar-refractivity contribution in [3.63, 3.8) is 0 Å². The number of epoxide rings is 1. The molecule has 0 saturated carbocycles. The molecule has 4 rings (SSSR count). The number of aliphatic hydroxyl groups is 2. The summed E-state index contributed by atoms with van der Waals surface area (Å²) in [5, 5.41) is 21.6. The van der Waals surface area contributed by atoms with Gasteiger partial charge in [0.1, 0.15) is 18.3 Å². The maximum absolute atomic E-state index is 12.6. The highest BCUT2D eigenvalue weighted by molar-refractivity contribution is 5.82. The molecule has 3 aliphatic heterocycles. The maximum atomic E-state index is 12.6. The largest absolute Gasteiger partial charge is 0.456 e. The molecule has 1 aromatic rings. The molecule has 0 aliphatic carbocycles. The van der Waals surface area contributed by atoms with Gasteiger partial charge in [0, 0.05) is 12.5 Å². The van der Waals surface area contributed by atoms with E-state index in [-0.39, 0.29) is 24.4 Å². The molecule has 1 aromatic carbocycles. The quantitative estimate of drug-likeness (QED) is 0.363. The van der Waals surface area contributed by atoms with Gasteiger partial charge in [0.2, 0.25) is 0 Å². The zero-order chi connectivity index (χ0) is 25.5. The van der Waals surface area contributed by atoms with Crippen LogP contribution in [0, 0.1) is 6.92 Å². The Balaban J connectivity index is 1.46. The first-order chi connectivity index (χ1) is 17.4. The van der Waals surface area contributed by atoms with Crippen molar-refractivity contribution in [1.29, 1.82) is 0 Å². The van der Waals surface area contributed by atoms with Crippen molar-refractivity contribution in [1.82, 2.24) is 0 Å². The smallest absolute Gasteiger partial charge is 0.330 e. The lowest BCUT2D eigenvalue weighted by atomic mass is 9.97. The van der Waals surface area contributed by atoms with Crippen LogP contribution in [0.15, 0.2) is 66.8 Å². The van der Waals surface area contributed by atoms with Gasteiger partial charge in [-0.15, -0.1) is 0 Å². The third-order valence-electron chi connectivity index (χ3n) is 6.94. The van der Waals surface area contributed by atoms with Crippen LogP contribution >= 0.6 is 0 Å². The lowest BCUT2D eigenvalue weighted by molar-refractivity contribution is -0.147. The minimum absolute atomic E-state index is 0.0732. The molecule has 2 N–H and O–H groups in total. The SMILES string of the molecule is C=C1CCC[C@@H]2CC=C[C@@H](CC=CC(=O)OC([C@@H](O)C=Cc3cccc(C)c3)C[C@@H]3O[C@H]3[C@@H](O)C1)O2. The minimum atomic E-state index is -1.02. The summed E-state index contributed by atoms with van der Waals surface area (Å²) in [6, 6.07) is 7.92. The summed E-state index contributed by atoms with van der Waals surface area (Å²) in [6.45, 7) is 6.15. The summed E-state index contributed by atoms with van der Waals surface area (Å²) in [6.07, 6.45) is 12.7. The predicted octanol–water partition coefficient (Wildman–Crippen LogP) is 4.59. The molecule has 0 amide bonds. The molecule has 7 atom stereocenters. The van der Waals surface area contributed by atoms with Crippen LogP contribution in [-0.2, 0) is 19.0 Å². The second kappa shape index (κ2) is 12.6. The maximum Gasteiger partial charge on any atom is 0.330 e. The molecule has 2 bridgehead atoms. The van der Waals surface area contributed by atoms with E-state index < -0.39 is 24.3 Å². The van der Waals surface area contributed by atoms with Crippen molar-refractivity contribution < 1.29 is 29.2 Å². The molecule has 6 nitrogen and oxygen atoms in total. The molecule has 194 valence electrons. The zero-order valence-corrected chi connectivity index (χ0v) is 21.0. The molecule has 0 aromatic heterocycles. The van der Waals surface area contributed by atoms with Crippen LogP contribution in [0.2, 0.25) is 0 Å². The third kappa shape index (κ3) is 8.00. The van der Waals surface area contributed by atoms with Crippen LogP contribution in [0.5, 0.6) is 0 Å². The molecular formula is C30H38O6. The lowest BCUT2D eigenvalue weighted by Gasteiger charge is -2.25. The number of aliphatic hydroxyl groups excluding tert-OH is 2. The highest BCUT2D eigenvalue weighted by Gasteiger charge is 2.46. The molecular weight excluding hydrogens is 456 g/mol. The van der Waals surface area contributed by atoms with Gasteiger partial charge in [0.05, 0.1) is 24.4 Å². The van der Waals surface area contributed by atoms with Gasteiger partial charge >= 0.3 is 5.97 Å². The Morgan fingerprint density at radius 3 is 2.89 bits per heavy atom. The molecule has 0 spiro atoms. The van der Waals surface area contributed by atoms with Crippen LogP contribution in [0.3, 0.4) is 0 Å². The predicted molar refractivity (Wildman–Crippen MR) is 139 cm³/mol. The van der Waals surface area contributed by atoms with E-state index in [4.69, 9.17) is 14.2 Å². The fraction of sp³-hybridized carbons (Fsp3) is 0.500. The zero-order valence-electron chi connectivity index (χ0n) is 21.0. The lowest BCUT2D eigenvalue weighted by Crippen LogP contribution is -2.32. The minimum Gasteiger partial charge on any atom is -0.456 e. The Morgan fingerprint density at radius 2 is 2.06 bits per heavy atom. The molecule has 0 radical (unpaired) electrons. The Hall–Kier alpha value is -2.51. The van der Waals surface area contributed by atoms with Gasteiger partial charge in [-0.3, -0.25) is 0 Å². The van der Waals surface area contributed by atoms with Crippen molar-refractivity contribution in [2.75, 3.05) is 0 Å². The molecule has 6 heteroatoms. The first kappa shape index (κ1) is 26.6. The molecule has 36 heavy (non-hydrogen) atoms. The van der Waals surface area contributed by atoms with Crippen LogP contribution in [0.1, 0.15) is 56.1 Å². The highest BCUT2D eigenvalue weighted by atomic mass is 16.6. The molecule has 3 heterocycles. The summed E-state index contributed by atoms with van der Waals surface area (Å²) in [5.41, 5.74) is 3.06. The third-order valence-corrected chi connectivity index (χ3v) is 6.94. The number of carbonyl (C=O) groups is 1. The van der Waals surface area contributed by atoms with Gasteiger partial charge in [0.15, 0.2) is 0 Å². The molecule has 3 aliphatic rings. The van der Waals surface area contributed by atoms with E-state index >= 15 is 0 Å². The van der Waals surface area contributed by atoms with E-state index in [1.807, 2.05) is 43.3 Å². The second-order valence-corrected chi connectivity index (χ2v) is 10.1. The van der Waals surface area contributed by atoms with E-state index in [0.29, 0.717) is 19.3 Å². The Bertz CT molecular complexity index is 995. The van der Waals surface area contributed by atoms with Gasteiger partial charge in [-0.25, -0.2) is 4.79 Å². The van der Waals surface area contributed by atoms with Crippen molar-refractivity contribution in [3.05, 3.63) is 77.9 Å². The Labute approximate surface area is 214 Å². The summed E-state index contributed by atoms with van der Waals surface area (Å²) in [5.74, 6) is -0.522. The van der Waals surface area contributed by atoms with Crippen molar-refractivity contribution in [2.24, 2.45) is 0 Å². The Morgan fingerprint density at radius 1 is 1.19 bits per heavy atom. The molecule has 1 unspecified atom stereocenters. The second-order valence-electron chi connectivity index (χ2n) is 10.1. The number of aryl methyl sites for hydroxylation is 1. The van der Waals surface area contributed by atoms with Gasteiger partial charge < -0.3 is 24.4 Å². The van der Waals surface area contributed by atoms with Gasteiger partial charge in [-0.05, 0) is 51.0 Å². The van der Waals surface area contributed by atoms with Crippen LogP contribution in [0.4, 0.5) is 0 Å². The van der Waals surface area contributed by atoms with E-state index in [1.54, 1.807) is 12.2 Å². The van der Waals surface area contributed by atoms with Gasteiger partial charge in [0.25, 0.3) is 0 Å². The summed E-state index contributed by atoms with van der Waals surface area (Å²) >= 11 is 0. The number of carbonyl (C=O) groups excluding carboxylic acids is 1. The first-order valence-electron chi connectivity index (χ1n) is 13.0. The number of ether oxygens (including phenoxy) is 3. The van der Waals surface area contributed by atoms with E-state index in [9.17, 15) is 15.0 Å². The topological polar surface area (TPSA) is 88.5 Å². The number of esters is 1. The van der Waals surface area contributed by atoms with Gasteiger partial charge in [-0.2, -0.15) is 0 Å². The number of fused-ring (bicyclic) bond motifs is 3. The van der Waals surface area contributed by atoms with E-state index in [1.165, 1.54) is 6.08 Å². The first-order valence-corrected chi connectivity index (χ1v) is 13.0. The standard InChI is InChI=1S/C30H38O6/c1-20-7-3-9-22(17-20)15-16-25(31)27-19-28-30(36-28)26(32)18-21(2)8-4-10-23-11-5-12-24(34-23)13-6-14-29(33)35-27/h3,5-7,9,12,14-17,23-28,30-32H,2,4,8,10-11,13,18-19H2,1H3/t23-,24+,25+,26+,27?,28+,30+/m1/s1. The van der Waals surface area contributed by atoms with E-state index in [2.05, 4.69) is 12.7 Å². The van der Waals surface area contributed by atoms with Crippen LogP contribution in [-0.4, -0.2) is 58.9 Å². The van der Waals surface area contributed by atoms with Crippen LogP contribution < -0.4 is 0 Å². The molecule has 1 saturated heterocycles. The van der Waals surface area contributed by atoms with E-state index in [0.717, 1.165) is 42.4 Å². The summed E-state index contributed by atoms with van der Waals surface area (Å²) in [7, 11) is 0. The van der Waals surface area contributed by atoms with Crippen molar-refractivity contribution in [2.45, 2.75) is 94.6 Å². The monoisotopic (exact) mass is 494 g/mol. The number of rotatable bonds is 3. The summed E-state index contributed by atoms with van der Waals surface area (Å²) < 4.78 is 17.5. The normalized spacial score (nSPS) is 32.9. The average molecular weight is 495 g/mol. The average Bonchev–Trinajstić information content (AvgIpc) is 3.61. The fourth-order valence-corrected chi connectivity index (χ4v) is 4.91. The number of cyclic esters (lactones) is 1. The van der Waals surface area contributed by atoms with Gasteiger partial charge in [-0.1, -0.05) is 72.4 Å². The fourth-order valence-electron chi connectivity index (χ4n) is 4.91. The number of hydrogen-bond donors (Lipinski definition) is 2.